The zero-order valence-corrected chi connectivity index (χ0v) is 16.9. The van der Waals surface area contributed by atoms with Crippen LogP contribution in [0.25, 0.3) is 0 Å². The smallest absolute Gasteiger partial charge is 0.416 e. The van der Waals surface area contributed by atoms with Crippen molar-refractivity contribution < 1.29 is 35.9 Å². The number of ether oxygens (including phenoxy) is 1. The molecular weight excluding hydrogens is 482 g/mol. The molecule has 162 valence electrons. The summed E-state index contributed by atoms with van der Waals surface area (Å²) in [5.41, 5.74) is 3.46. The maximum atomic E-state index is 13.1. The van der Waals surface area contributed by atoms with E-state index in [0.717, 1.165) is 0 Å². The van der Waals surface area contributed by atoms with E-state index in [9.17, 15) is 31.1 Å². The predicted octanol–water partition coefficient (Wildman–Crippen LogP) is 6.15. The zero-order valence-electron chi connectivity index (χ0n) is 15.3. The lowest BCUT2D eigenvalue weighted by Gasteiger charge is -2.23. The normalized spacial score (nSPS) is 19.9. The number of carbonyl (C=O) groups is 1. The summed E-state index contributed by atoms with van der Waals surface area (Å²) in [5, 5.41) is 0. The molecule has 2 aromatic rings. The van der Waals surface area contributed by atoms with Gasteiger partial charge in [0.15, 0.2) is 0 Å². The predicted molar refractivity (Wildman–Crippen MR) is 99.2 cm³/mol. The number of cyclic esters (lactones) is 1. The summed E-state index contributed by atoms with van der Waals surface area (Å²) in [4.78, 5) is 13.6. The summed E-state index contributed by atoms with van der Waals surface area (Å²) >= 11 is 3.32. The molecule has 1 aliphatic rings. The maximum absolute atomic E-state index is 13.1. The molecule has 3 rings (SSSR count). The third-order valence-corrected chi connectivity index (χ3v) is 5.51. The fraction of sp³-hybridized carbons (Fsp3) is 0.316. The number of nitrogen functional groups attached to an aromatic ring is 1. The van der Waals surface area contributed by atoms with Crippen LogP contribution in [0.4, 0.5) is 36.8 Å². The van der Waals surface area contributed by atoms with Crippen LogP contribution in [0.3, 0.4) is 0 Å². The van der Waals surface area contributed by atoms with Crippen LogP contribution < -0.4 is 5.73 Å². The fourth-order valence-electron chi connectivity index (χ4n) is 3.20. The molecule has 4 nitrogen and oxygen atoms in total. The minimum atomic E-state index is -4.99. The van der Waals surface area contributed by atoms with Crippen LogP contribution in [-0.2, 0) is 23.6 Å². The van der Waals surface area contributed by atoms with Crippen molar-refractivity contribution in [1.29, 1.82) is 0 Å². The lowest BCUT2D eigenvalue weighted by atomic mass is 9.97. The topological polar surface area (TPSA) is 55.6 Å². The molecule has 2 N–H and O–H groups in total. The highest BCUT2D eigenvalue weighted by Gasteiger charge is 2.43. The van der Waals surface area contributed by atoms with Gasteiger partial charge in [0, 0.05) is 10.2 Å². The van der Waals surface area contributed by atoms with Crippen molar-refractivity contribution in [3.8, 4) is 0 Å². The summed E-state index contributed by atoms with van der Waals surface area (Å²) in [7, 11) is 0. The van der Waals surface area contributed by atoms with Gasteiger partial charge in [0.05, 0.1) is 23.7 Å². The summed E-state index contributed by atoms with van der Waals surface area (Å²) in [5.74, 6) is 0. The molecule has 1 heterocycles. The third kappa shape index (κ3) is 4.50. The van der Waals surface area contributed by atoms with E-state index in [-0.39, 0.29) is 18.2 Å². The maximum Gasteiger partial charge on any atom is 0.416 e. The number of anilines is 1. The Balaban J connectivity index is 1.97. The monoisotopic (exact) mass is 496 g/mol. The van der Waals surface area contributed by atoms with Crippen LogP contribution in [0.15, 0.2) is 40.9 Å². The minimum Gasteiger partial charge on any atom is -0.439 e. The molecule has 0 aliphatic carbocycles. The second-order valence-corrected chi connectivity index (χ2v) is 7.72. The second-order valence-electron chi connectivity index (χ2n) is 6.86. The van der Waals surface area contributed by atoms with Crippen molar-refractivity contribution in [3.63, 3.8) is 0 Å². The molecular formula is C19H15BrF6N2O2. The molecule has 0 radical (unpaired) electrons. The van der Waals surface area contributed by atoms with Crippen molar-refractivity contribution in [2.24, 2.45) is 0 Å². The quantitative estimate of drug-likeness (QED) is 0.409. The highest BCUT2D eigenvalue weighted by molar-refractivity contribution is 9.10. The van der Waals surface area contributed by atoms with Crippen LogP contribution in [0.5, 0.6) is 0 Å². The van der Waals surface area contributed by atoms with Gasteiger partial charge in [-0.3, -0.25) is 4.90 Å². The first-order valence-electron chi connectivity index (χ1n) is 8.58. The summed E-state index contributed by atoms with van der Waals surface area (Å²) in [6.07, 6.45) is -12.1. The Bertz CT molecular complexity index is 944. The first-order chi connectivity index (χ1) is 13.8. The molecule has 0 bridgehead atoms. The lowest BCUT2D eigenvalue weighted by molar-refractivity contribution is -0.143. The van der Waals surface area contributed by atoms with Gasteiger partial charge in [-0.25, -0.2) is 4.79 Å². The number of hydrogen-bond acceptors (Lipinski definition) is 3. The number of hydrogen-bond donors (Lipinski definition) is 1. The Morgan fingerprint density at radius 3 is 2.13 bits per heavy atom. The largest absolute Gasteiger partial charge is 0.439 e. The van der Waals surface area contributed by atoms with Gasteiger partial charge >= 0.3 is 18.4 Å². The van der Waals surface area contributed by atoms with E-state index in [4.69, 9.17) is 10.5 Å². The SMILES string of the molecule is CC1C(c2cc(C(F)(F)F)cc(C(F)(F)F)c2)OC(=O)N1Cc1cc(N)ccc1Br. The molecule has 0 spiro atoms. The van der Waals surface area contributed by atoms with E-state index in [0.29, 0.717) is 27.9 Å². The first-order valence-corrected chi connectivity index (χ1v) is 9.37. The number of amides is 1. The standard InChI is InChI=1S/C19H15BrF6N2O2/c1-9-16(10-4-12(18(21,22)23)7-13(5-10)19(24,25)26)30-17(29)28(9)8-11-6-14(27)2-3-15(11)20/h2-7,9,16H,8,27H2,1H3. The van der Waals surface area contributed by atoms with Crippen molar-refractivity contribution in [2.75, 3.05) is 5.73 Å². The van der Waals surface area contributed by atoms with Crippen molar-refractivity contribution in [3.05, 3.63) is 63.1 Å². The van der Waals surface area contributed by atoms with E-state index < -0.39 is 41.7 Å². The highest BCUT2D eigenvalue weighted by atomic mass is 79.9. The average molecular weight is 497 g/mol. The fourth-order valence-corrected chi connectivity index (χ4v) is 3.57. The van der Waals surface area contributed by atoms with Gasteiger partial charge in [-0.15, -0.1) is 0 Å². The lowest BCUT2D eigenvalue weighted by Crippen LogP contribution is -2.31. The Morgan fingerprint density at radius 1 is 1.03 bits per heavy atom. The molecule has 0 aromatic heterocycles. The van der Waals surface area contributed by atoms with E-state index in [2.05, 4.69) is 15.9 Å². The molecule has 1 fully saturated rings. The van der Waals surface area contributed by atoms with Crippen molar-refractivity contribution >= 4 is 27.7 Å². The minimum absolute atomic E-state index is 0.00716. The van der Waals surface area contributed by atoms with Gasteiger partial charge in [-0.1, -0.05) is 15.9 Å². The van der Waals surface area contributed by atoms with E-state index in [1.165, 1.54) is 11.8 Å². The number of carbonyl (C=O) groups excluding carboxylic acids is 1. The van der Waals surface area contributed by atoms with E-state index in [1.807, 2.05) is 0 Å². The highest BCUT2D eigenvalue weighted by Crippen LogP contribution is 2.41. The summed E-state index contributed by atoms with van der Waals surface area (Å²) in [6.45, 7) is 1.50. The molecule has 30 heavy (non-hydrogen) atoms. The molecule has 1 saturated heterocycles. The summed E-state index contributed by atoms with van der Waals surface area (Å²) < 4.78 is 84.6. The molecule has 11 heteroatoms. The number of alkyl halides is 6. The molecule has 2 aromatic carbocycles. The molecule has 1 aliphatic heterocycles. The number of rotatable bonds is 3. The van der Waals surface area contributed by atoms with Gasteiger partial charge in [0.2, 0.25) is 0 Å². The second kappa shape index (κ2) is 7.68. The first kappa shape index (κ1) is 22.3. The summed E-state index contributed by atoms with van der Waals surface area (Å²) in [6, 6.07) is 5.25. The van der Waals surface area contributed by atoms with Crippen LogP contribution in [-0.4, -0.2) is 17.0 Å². The molecule has 1 amide bonds. The van der Waals surface area contributed by atoms with Crippen LogP contribution >= 0.6 is 15.9 Å². The Hall–Kier alpha value is -2.43. The van der Waals surface area contributed by atoms with Crippen molar-refractivity contribution in [2.45, 2.75) is 38.0 Å². The zero-order chi connectivity index (χ0) is 22.4. The Labute approximate surface area is 175 Å². The Morgan fingerprint density at radius 2 is 1.60 bits per heavy atom. The Kier molecular flexibility index (Phi) is 5.70. The van der Waals surface area contributed by atoms with Crippen LogP contribution in [0.1, 0.15) is 35.3 Å². The van der Waals surface area contributed by atoms with Crippen LogP contribution in [0, 0.1) is 0 Å². The van der Waals surface area contributed by atoms with E-state index in [1.54, 1.807) is 18.2 Å². The number of nitrogens with zero attached hydrogens (tertiary/aromatic N) is 1. The van der Waals surface area contributed by atoms with E-state index >= 15 is 0 Å². The number of nitrogens with two attached hydrogens (primary N) is 1. The average Bonchev–Trinajstić information content (AvgIpc) is 2.91. The number of halogens is 7. The third-order valence-electron chi connectivity index (χ3n) is 4.74. The van der Waals surface area contributed by atoms with Crippen LogP contribution in [0.2, 0.25) is 0 Å². The number of benzene rings is 2. The van der Waals surface area contributed by atoms with Gasteiger partial charge in [0.1, 0.15) is 6.10 Å². The van der Waals surface area contributed by atoms with Gasteiger partial charge in [-0.05, 0) is 54.4 Å². The van der Waals surface area contributed by atoms with Gasteiger partial charge in [0.25, 0.3) is 0 Å². The van der Waals surface area contributed by atoms with Gasteiger partial charge in [-0.2, -0.15) is 26.3 Å². The van der Waals surface area contributed by atoms with Crippen molar-refractivity contribution in [1.82, 2.24) is 4.90 Å². The van der Waals surface area contributed by atoms with Gasteiger partial charge < -0.3 is 10.5 Å². The molecule has 0 saturated carbocycles. The molecule has 2 atom stereocenters. The molecule has 2 unspecified atom stereocenters.